The molecule has 0 aliphatic carbocycles. The Morgan fingerprint density at radius 1 is 1.50 bits per heavy atom. The van der Waals surface area contributed by atoms with E-state index in [1.807, 2.05) is 11.8 Å². The minimum absolute atomic E-state index is 0. The highest BCUT2D eigenvalue weighted by Crippen LogP contribution is 2.15. The lowest BCUT2D eigenvalue weighted by molar-refractivity contribution is -0.159. The van der Waals surface area contributed by atoms with Crippen LogP contribution in [0.25, 0.3) is 0 Å². The first-order chi connectivity index (χ1) is 7.79. The standard InChI is InChI=1S/C10H18F3N3O.ClH/c1-8-5-14-3-4-16(8)6-9(17)15(2)7-10(11,12)13;/h8,14H,3-7H2,1-2H3;1H/t8-;/m0./s1. The van der Waals surface area contributed by atoms with Crippen LogP contribution < -0.4 is 5.32 Å². The number of hydrogen-bond donors (Lipinski definition) is 1. The number of piperazine rings is 1. The van der Waals surface area contributed by atoms with Crippen molar-refractivity contribution >= 4 is 18.3 Å². The van der Waals surface area contributed by atoms with Gasteiger partial charge in [0.1, 0.15) is 6.54 Å². The van der Waals surface area contributed by atoms with Crippen LogP contribution >= 0.6 is 12.4 Å². The van der Waals surface area contributed by atoms with Crippen molar-refractivity contribution in [1.82, 2.24) is 15.1 Å². The van der Waals surface area contributed by atoms with Gasteiger partial charge >= 0.3 is 6.18 Å². The van der Waals surface area contributed by atoms with E-state index in [2.05, 4.69) is 5.32 Å². The smallest absolute Gasteiger partial charge is 0.336 e. The molecule has 8 heteroatoms. The molecule has 0 aromatic heterocycles. The predicted octanol–water partition coefficient (Wildman–Crippen LogP) is 0.723. The zero-order valence-electron chi connectivity index (χ0n) is 10.5. The van der Waals surface area contributed by atoms with Crippen LogP contribution in [0.4, 0.5) is 13.2 Å². The van der Waals surface area contributed by atoms with Gasteiger partial charge in [-0.25, -0.2) is 0 Å². The van der Waals surface area contributed by atoms with Crippen LogP contribution in [-0.4, -0.2) is 67.7 Å². The van der Waals surface area contributed by atoms with E-state index in [4.69, 9.17) is 0 Å². The molecule has 18 heavy (non-hydrogen) atoms. The third kappa shape index (κ3) is 5.88. The molecule has 1 N–H and O–H groups in total. The summed E-state index contributed by atoms with van der Waals surface area (Å²) in [5.74, 6) is -0.490. The van der Waals surface area contributed by atoms with Gasteiger partial charge in [0.05, 0.1) is 6.54 Å². The Labute approximate surface area is 111 Å². The summed E-state index contributed by atoms with van der Waals surface area (Å²) in [6, 6.07) is 0.173. The molecule has 1 rings (SSSR count). The molecule has 1 atom stereocenters. The fourth-order valence-electron chi connectivity index (χ4n) is 1.77. The van der Waals surface area contributed by atoms with E-state index in [1.165, 1.54) is 7.05 Å². The van der Waals surface area contributed by atoms with Gasteiger partial charge in [0.2, 0.25) is 5.91 Å². The number of rotatable bonds is 3. The number of halogens is 4. The molecule has 0 aromatic carbocycles. The molecule has 1 aliphatic rings. The molecule has 0 bridgehead atoms. The highest BCUT2D eigenvalue weighted by molar-refractivity contribution is 5.85. The summed E-state index contributed by atoms with van der Waals surface area (Å²) in [7, 11) is 1.18. The van der Waals surface area contributed by atoms with Crippen LogP contribution in [0.1, 0.15) is 6.92 Å². The molecule has 0 radical (unpaired) electrons. The number of alkyl halides is 3. The quantitative estimate of drug-likeness (QED) is 0.832. The van der Waals surface area contributed by atoms with Gasteiger partial charge in [0.25, 0.3) is 0 Å². The van der Waals surface area contributed by atoms with E-state index in [1.54, 1.807) is 0 Å². The number of amides is 1. The summed E-state index contributed by atoms with van der Waals surface area (Å²) in [6.45, 7) is 3.02. The summed E-state index contributed by atoms with van der Waals surface area (Å²) in [4.78, 5) is 14.2. The normalized spacial score (nSPS) is 21.3. The van der Waals surface area contributed by atoms with Gasteiger partial charge in [-0.1, -0.05) is 0 Å². The van der Waals surface area contributed by atoms with Crippen LogP contribution in [0.3, 0.4) is 0 Å². The Bertz CT molecular complexity index is 276. The van der Waals surface area contributed by atoms with Gasteiger partial charge in [-0.05, 0) is 6.92 Å². The predicted molar refractivity (Wildman–Crippen MR) is 64.8 cm³/mol. The van der Waals surface area contributed by atoms with Gasteiger partial charge in [-0.15, -0.1) is 12.4 Å². The first kappa shape index (κ1) is 17.5. The number of likely N-dealkylation sites (N-methyl/N-ethyl adjacent to an activating group) is 1. The fraction of sp³-hybridized carbons (Fsp3) is 0.900. The van der Waals surface area contributed by atoms with E-state index < -0.39 is 18.6 Å². The van der Waals surface area contributed by atoms with Gasteiger partial charge in [0, 0.05) is 32.7 Å². The van der Waals surface area contributed by atoms with E-state index >= 15 is 0 Å². The average molecular weight is 290 g/mol. The van der Waals surface area contributed by atoms with Crippen molar-refractivity contribution in [3.05, 3.63) is 0 Å². The fourth-order valence-corrected chi connectivity index (χ4v) is 1.77. The van der Waals surface area contributed by atoms with E-state index in [0.717, 1.165) is 18.0 Å². The second kappa shape index (κ2) is 7.16. The Kier molecular flexibility index (Phi) is 6.94. The van der Waals surface area contributed by atoms with Gasteiger partial charge < -0.3 is 10.2 Å². The maximum Gasteiger partial charge on any atom is 0.406 e. The highest BCUT2D eigenvalue weighted by atomic mass is 35.5. The molecule has 4 nitrogen and oxygen atoms in total. The molecule has 1 fully saturated rings. The number of nitrogens with one attached hydrogen (secondary N) is 1. The summed E-state index contributed by atoms with van der Waals surface area (Å²) in [6.07, 6.45) is -4.33. The molecule has 0 unspecified atom stereocenters. The molecule has 1 heterocycles. The average Bonchev–Trinajstić information content (AvgIpc) is 2.18. The lowest BCUT2D eigenvalue weighted by Gasteiger charge is -2.34. The molecular weight excluding hydrogens is 271 g/mol. The van der Waals surface area contributed by atoms with Crippen molar-refractivity contribution in [2.45, 2.75) is 19.1 Å². The molecule has 1 amide bonds. The topological polar surface area (TPSA) is 35.6 Å². The Morgan fingerprint density at radius 3 is 2.61 bits per heavy atom. The largest absolute Gasteiger partial charge is 0.406 e. The molecular formula is C10H19ClF3N3O. The second-order valence-electron chi connectivity index (χ2n) is 4.39. The third-order valence-electron chi connectivity index (χ3n) is 2.82. The van der Waals surface area contributed by atoms with Crippen LogP contribution in [0, 0.1) is 0 Å². The van der Waals surface area contributed by atoms with Crippen LogP contribution in [-0.2, 0) is 4.79 Å². The lowest BCUT2D eigenvalue weighted by Crippen LogP contribution is -2.53. The van der Waals surface area contributed by atoms with Crippen LogP contribution in [0.5, 0.6) is 0 Å². The summed E-state index contributed by atoms with van der Waals surface area (Å²) >= 11 is 0. The first-order valence-corrected chi connectivity index (χ1v) is 5.55. The van der Waals surface area contributed by atoms with Gasteiger partial charge in [-0.2, -0.15) is 13.2 Å². The Hall–Kier alpha value is -0.530. The molecule has 1 saturated heterocycles. The Morgan fingerprint density at radius 2 is 2.11 bits per heavy atom. The first-order valence-electron chi connectivity index (χ1n) is 5.55. The zero-order chi connectivity index (χ0) is 13.1. The van der Waals surface area contributed by atoms with Gasteiger partial charge in [0.15, 0.2) is 0 Å². The molecule has 108 valence electrons. The van der Waals surface area contributed by atoms with Crippen LogP contribution in [0.2, 0.25) is 0 Å². The Balaban J connectivity index is 0.00000289. The summed E-state index contributed by atoms with van der Waals surface area (Å²) in [5.41, 5.74) is 0. The minimum atomic E-state index is -4.33. The zero-order valence-corrected chi connectivity index (χ0v) is 11.3. The maximum atomic E-state index is 12.1. The van der Waals surface area contributed by atoms with Crippen LogP contribution in [0.15, 0.2) is 0 Å². The number of hydrogen-bond acceptors (Lipinski definition) is 3. The third-order valence-corrected chi connectivity index (χ3v) is 2.82. The van der Waals surface area contributed by atoms with E-state index in [9.17, 15) is 18.0 Å². The maximum absolute atomic E-state index is 12.1. The number of carbonyl (C=O) groups is 1. The molecule has 0 spiro atoms. The monoisotopic (exact) mass is 289 g/mol. The van der Waals surface area contributed by atoms with Crippen molar-refractivity contribution in [2.24, 2.45) is 0 Å². The molecule has 1 aliphatic heterocycles. The minimum Gasteiger partial charge on any atom is -0.336 e. The van der Waals surface area contributed by atoms with Crippen molar-refractivity contribution in [1.29, 1.82) is 0 Å². The summed E-state index contributed by atoms with van der Waals surface area (Å²) in [5, 5.41) is 3.16. The molecule has 0 aromatic rings. The lowest BCUT2D eigenvalue weighted by atomic mass is 10.2. The summed E-state index contributed by atoms with van der Waals surface area (Å²) < 4.78 is 36.3. The highest BCUT2D eigenvalue weighted by Gasteiger charge is 2.32. The van der Waals surface area contributed by atoms with Gasteiger partial charge in [-0.3, -0.25) is 9.69 Å². The van der Waals surface area contributed by atoms with E-state index in [-0.39, 0.29) is 25.0 Å². The van der Waals surface area contributed by atoms with Crippen molar-refractivity contribution in [3.8, 4) is 0 Å². The van der Waals surface area contributed by atoms with Crippen molar-refractivity contribution in [2.75, 3.05) is 39.8 Å². The SMILES string of the molecule is C[C@H]1CNCCN1CC(=O)N(C)CC(F)(F)F.Cl. The number of carbonyl (C=O) groups excluding carboxylic acids is 1. The second-order valence-corrected chi connectivity index (χ2v) is 4.39. The van der Waals surface area contributed by atoms with E-state index in [0.29, 0.717) is 6.54 Å². The number of nitrogens with zero attached hydrogens (tertiary/aromatic N) is 2. The van der Waals surface area contributed by atoms with Crippen molar-refractivity contribution in [3.63, 3.8) is 0 Å². The van der Waals surface area contributed by atoms with Crippen molar-refractivity contribution < 1.29 is 18.0 Å². The molecule has 0 saturated carbocycles.